The number of sulfonamides is 1. The summed E-state index contributed by atoms with van der Waals surface area (Å²) in [5.74, 6) is 0. The molecule has 0 saturated heterocycles. The van der Waals surface area contributed by atoms with Crippen molar-refractivity contribution >= 4 is 21.6 Å². The highest BCUT2D eigenvalue weighted by Crippen LogP contribution is 2.15. The molecule has 0 spiro atoms. The largest absolute Gasteiger partial charge is 0.310 e. The van der Waals surface area contributed by atoms with Gasteiger partial charge in [0.05, 0.1) is 4.90 Å². The van der Waals surface area contributed by atoms with Gasteiger partial charge in [0.15, 0.2) is 0 Å². The van der Waals surface area contributed by atoms with Crippen LogP contribution in [-0.4, -0.2) is 21.5 Å². The van der Waals surface area contributed by atoms with Crippen LogP contribution in [0.2, 0.25) is 5.02 Å². The van der Waals surface area contributed by atoms with E-state index in [2.05, 4.69) is 36.0 Å². The zero-order valence-electron chi connectivity index (χ0n) is 13.9. The van der Waals surface area contributed by atoms with Crippen LogP contribution in [0.1, 0.15) is 31.0 Å². The molecule has 6 heteroatoms. The predicted octanol–water partition coefficient (Wildman–Crippen LogP) is 3.53. The van der Waals surface area contributed by atoms with E-state index in [0.717, 1.165) is 12.1 Å². The Morgan fingerprint density at radius 1 is 1.04 bits per heavy atom. The summed E-state index contributed by atoms with van der Waals surface area (Å²) in [5, 5.41) is 3.88. The van der Waals surface area contributed by atoms with Crippen LogP contribution < -0.4 is 10.0 Å². The van der Waals surface area contributed by atoms with Crippen molar-refractivity contribution in [1.82, 2.24) is 10.0 Å². The lowest BCUT2D eigenvalue weighted by Gasteiger charge is -2.13. The summed E-state index contributed by atoms with van der Waals surface area (Å²) >= 11 is 5.78. The topological polar surface area (TPSA) is 58.2 Å². The summed E-state index contributed by atoms with van der Waals surface area (Å²) in [6.45, 7) is 5.49. The molecule has 2 N–H and O–H groups in total. The maximum Gasteiger partial charge on any atom is 0.240 e. The van der Waals surface area contributed by atoms with Crippen LogP contribution in [0.3, 0.4) is 0 Å². The molecule has 4 nitrogen and oxygen atoms in total. The predicted molar refractivity (Wildman–Crippen MR) is 98.9 cm³/mol. The molecule has 0 aliphatic carbocycles. The molecule has 1 unspecified atom stereocenters. The van der Waals surface area contributed by atoms with Crippen LogP contribution >= 0.6 is 11.6 Å². The molecule has 2 aromatic rings. The Hall–Kier alpha value is -1.40. The minimum atomic E-state index is -3.49. The molecule has 0 amide bonds. The third kappa shape index (κ3) is 5.31. The third-order valence-corrected chi connectivity index (χ3v) is 5.55. The van der Waals surface area contributed by atoms with Gasteiger partial charge in [0.2, 0.25) is 10.0 Å². The van der Waals surface area contributed by atoms with E-state index in [1.165, 1.54) is 17.7 Å². The first-order valence-corrected chi connectivity index (χ1v) is 9.86. The fraction of sp³-hybridized carbons (Fsp3) is 0.333. The lowest BCUT2D eigenvalue weighted by molar-refractivity contribution is 0.581. The average Bonchev–Trinajstić information content (AvgIpc) is 2.56. The van der Waals surface area contributed by atoms with Gasteiger partial charge in [-0.1, -0.05) is 42.8 Å². The summed E-state index contributed by atoms with van der Waals surface area (Å²) < 4.78 is 27.0. The Balaban J connectivity index is 1.90. The molecule has 0 fully saturated rings. The van der Waals surface area contributed by atoms with Crippen molar-refractivity contribution in [2.75, 3.05) is 13.1 Å². The molecule has 0 bridgehead atoms. The number of halogens is 1. The zero-order chi connectivity index (χ0) is 17.6. The van der Waals surface area contributed by atoms with Crippen molar-refractivity contribution in [3.63, 3.8) is 0 Å². The monoisotopic (exact) mass is 366 g/mol. The minimum Gasteiger partial charge on any atom is -0.310 e. The summed E-state index contributed by atoms with van der Waals surface area (Å²) in [6.07, 6.45) is 0.642. The van der Waals surface area contributed by atoms with Gasteiger partial charge in [0.25, 0.3) is 0 Å². The first-order chi connectivity index (χ1) is 11.4. The Morgan fingerprint density at radius 3 is 2.25 bits per heavy atom. The number of benzene rings is 2. The van der Waals surface area contributed by atoms with Crippen molar-refractivity contribution < 1.29 is 8.42 Å². The van der Waals surface area contributed by atoms with Gasteiger partial charge in [0.1, 0.15) is 0 Å². The number of hydrogen-bond acceptors (Lipinski definition) is 3. The van der Waals surface area contributed by atoms with Gasteiger partial charge in [-0.15, -0.1) is 0 Å². The van der Waals surface area contributed by atoms with E-state index in [4.69, 9.17) is 11.6 Å². The van der Waals surface area contributed by atoms with E-state index in [0.29, 0.717) is 24.0 Å². The molecule has 0 saturated carbocycles. The maximum atomic E-state index is 12.2. The van der Waals surface area contributed by atoms with Crippen molar-refractivity contribution in [3.8, 4) is 0 Å². The summed E-state index contributed by atoms with van der Waals surface area (Å²) in [4.78, 5) is 0.224. The molecule has 0 aromatic heterocycles. The van der Waals surface area contributed by atoms with Crippen LogP contribution in [0.15, 0.2) is 53.4 Å². The lowest BCUT2D eigenvalue weighted by atomic mass is 10.0. The second-order valence-electron chi connectivity index (χ2n) is 5.62. The van der Waals surface area contributed by atoms with Gasteiger partial charge in [-0.25, -0.2) is 13.1 Å². The number of hydrogen-bond donors (Lipinski definition) is 2. The highest BCUT2D eigenvalue weighted by Gasteiger charge is 2.13. The quantitative estimate of drug-likeness (QED) is 0.751. The number of nitrogens with one attached hydrogen (secondary N) is 2. The Labute approximate surface area is 149 Å². The second kappa shape index (κ2) is 8.62. The third-order valence-electron chi connectivity index (χ3n) is 3.82. The Bertz CT molecular complexity index is 744. The number of rotatable bonds is 8. The maximum absolute atomic E-state index is 12.2. The molecule has 2 aromatic carbocycles. The standard InChI is InChI=1S/C18H23ClN2O2S/c1-3-20-14(2)16-6-4-15(5-7-16)12-13-21-24(22,23)18-10-8-17(19)9-11-18/h4-11,14,20-21H,3,12-13H2,1-2H3. The molecular formula is C18H23ClN2O2S. The van der Waals surface area contributed by atoms with Crippen LogP contribution in [0.4, 0.5) is 0 Å². The molecule has 0 radical (unpaired) electrons. The fourth-order valence-corrected chi connectivity index (χ4v) is 3.58. The molecule has 24 heavy (non-hydrogen) atoms. The van der Waals surface area contributed by atoms with Gasteiger partial charge < -0.3 is 5.32 Å². The van der Waals surface area contributed by atoms with Crippen LogP contribution in [0, 0.1) is 0 Å². The Morgan fingerprint density at radius 2 is 1.67 bits per heavy atom. The summed E-state index contributed by atoms with van der Waals surface area (Å²) in [6, 6.07) is 14.7. The minimum absolute atomic E-state index is 0.224. The van der Waals surface area contributed by atoms with Crippen LogP contribution in [0.25, 0.3) is 0 Å². The van der Waals surface area contributed by atoms with Gasteiger partial charge in [0, 0.05) is 17.6 Å². The first-order valence-electron chi connectivity index (χ1n) is 8.00. The van der Waals surface area contributed by atoms with Gasteiger partial charge in [-0.2, -0.15) is 0 Å². The zero-order valence-corrected chi connectivity index (χ0v) is 15.5. The summed E-state index contributed by atoms with van der Waals surface area (Å²) in [7, 11) is -3.49. The van der Waals surface area contributed by atoms with E-state index in [9.17, 15) is 8.42 Å². The van der Waals surface area contributed by atoms with Crippen molar-refractivity contribution in [1.29, 1.82) is 0 Å². The SMILES string of the molecule is CCNC(C)c1ccc(CCNS(=O)(=O)c2ccc(Cl)cc2)cc1. The fourth-order valence-electron chi connectivity index (χ4n) is 2.42. The van der Waals surface area contributed by atoms with Gasteiger partial charge in [-0.05, 0) is 55.3 Å². The van der Waals surface area contributed by atoms with Crippen LogP contribution in [-0.2, 0) is 16.4 Å². The van der Waals surface area contributed by atoms with E-state index < -0.39 is 10.0 Å². The summed E-state index contributed by atoms with van der Waals surface area (Å²) in [5.41, 5.74) is 2.32. The highest BCUT2D eigenvalue weighted by atomic mass is 35.5. The molecule has 2 rings (SSSR count). The first kappa shape index (κ1) is 18.9. The normalized spacial score (nSPS) is 13.0. The van der Waals surface area contributed by atoms with Crippen molar-refractivity contribution in [2.45, 2.75) is 31.2 Å². The highest BCUT2D eigenvalue weighted by molar-refractivity contribution is 7.89. The van der Waals surface area contributed by atoms with E-state index in [1.807, 2.05) is 12.1 Å². The average molecular weight is 367 g/mol. The van der Waals surface area contributed by atoms with E-state index >= 15 is 0 Å². The Kier molecular flexibility index (Phi) is 6.80. The van der Waals surface area contributed by atoms with Crippen molar-refractivity contribution in [2.24, 2.45) is 0 Å². The molecule has 0 heterocycles. The van der Waals surface area contributed by atoms with Gasteiger partial charge in [-0.3, -0.25) is 0 Å². The molecule has 1 atom stereocenters. The van der Waals surface area contributed by atoms with E-state index in [-0.39, 0.29) is 4.90 Å². The molecule has 0 aliphatic heterocycles. The van der Waals surface area contributed by atoms with Gasteiger partial charge >= 0.3 is 0 Å². The van der Waals surface area contributed by atoms with Crippen LogP contribution in [0.5, 0.6) is 0 Å². The molecule has 0 aliphatic rings. The lowest BCUT2D eigenvalue weighted by Crippen LogP contribution is -2.26. The smallest absolute Gasteiger partial charge is 0.240 e. The molecule has 130 valence electrons. The van der Waals surface area contributed by atoms with E-state index in [1.54, 1.807) is 12.1 Å². The molecular weight excluding hydrogens is 344 g/mol. The van der Waals surface area contributed by atoms with Crippen molar-refractivity contribution in [3.05, 3.63) is 64.7 Å². The second-order valence-corrected chi connectivity index (χ2v) is 7.83.